The van der Waals surface area contributed by atoms with Gasteiger partial charge in [-0.2, -0.15) is 9.97 Å². The minimum absolute atomic E-state index is 0.161. The van der Waals surface area contributed by atoms with Gasteiger partial charge in [-0.25, -0.2) is 0 Å². The number of ether oxygens (including phenoxy) is 2. The Labute approximate surface area is 106 Å². The first kappa shape index (κ1) is 14.2. The Kier molecular flexibility index (Phi) is 5.86. The zero-order valence-electron chi connectivity index (χ0n) is 10.8. The van der Waals surface area contributed by atoms with Gasteiger partial charge in [0.15, 0.2) is 0 Å². The number of carbonyl (C=O) groups is 1. The lowest BCUT2D eigenvalue weighted by Gasteiger charge is -2.07. The normalized spacial score (nSPS) is 9.94. The van der Waals surface area contributed by atoms with Crippen LogP contribution >= 0.6 is 0 Å². The monoisotopic (exact) mass is 254 g/mol. The summed E-state index contributed by atoms with van der Waals surface area (Å²) in [7, 11) is 2.97. The predicted molar refractivity (Wildman–Crippen MR) is 66.9 cm³/mol. The van der Waals surface area contributed by atoms with E-state index in [2.05, 4.69) is 20.6 Å². The van der Waals surface area contributed by atoms with Crippen molar-refractivity contribution in [3.05, 3.63) is 6.07 Å². The fourth-order valence-electron chi connectivity index (χ4n) is 1.23. The minimum atomic E-state index is -0.161. The van der Waals surface area contributed by atoms with Gasteiger partial charge in [-0.3, -0.25) is 10.1 Å². The first-order valence-corrected chi connectivity index (χ1v) is 5.67. The van der Waals surface area contributed by atoms with Gasteiger partial charge in [0.05, 0.1) is 20.3 Å². The van der Waals surface area contributed by atoms with Gasteiger partial charge in [0.2, 0.25) is 23.6 Å². The maximum absolute atomic E-state index is 11.6. The number of rotatable bonds is 7. The molecule has 0 unspecified atom stereocenters. The Morgan fingerprint density at radius 1 is 1.28 bits per heavy atom. The highest BCUT2D eigenvalue weighted by atomic mass is 16.5. The molecule has 0 aliphatic rings. The standard InChI is InChI=1S/C11H18N4O3/c1-4-12-6-5-8(16)13-11-14-9(17-2)7-10(15-11)18-3/h7,12H,4-6H2,1-3H3,(H,13,14,15,16). The van der Waals surface area contributed by atoms with Gasteiger partial charge in [0.25, 0.3) is 0 Å². The summed E-state index contributed by atoms with van der Waals surface area (Å²) < 4.78 is 9.97. The first-order valence-electron chi connectivity index (χ1n) is 5.67. The van der Waals surface area contributed by atoms with Crippen LogP contribution < -0.4 is 20.1 Å². The van der Waals surface area contributed by atoms with Crippen molar-refractivity contribution in [2.75, 3.05) is 32.6 Å². The van der Waals surface area contributed by atoms with E-state index in [1.807, 2.05) is 6.92 Å². The van der Waals surface area contributed by atoms with Gasteiger partial charge in [-0.1, -0.05) is 6.92 Å². The second kappa shape index (κ2) is 7.44. The van der Waals surface area contributed by atoms with Gasteiger partial charge in [0.1, 0.15) is 0 Å². The SMILES string of the molecule is CCNCCC(=O)Nc1nc(OC)cc(OC)n1. The largest absolute Gasteiger partial charge is 0.481 e. The van der Waals surface area contributed by atoms with E-state index in [4.69, 9.17) is 9.47 Å². The van der Waals surface area contributed by atoms with Crippen LogP contribution in [0.3, 0.4) is 0 Å². The van der Waals surface area contributed by atoms with Crippen LogP contribution in [-0.4, -0.2) is 43.2 Å². The van der Waals surface area contributed by atoms with Crippen LogP contribution in [-0.2, 0) is 4.79 Å². The van der Waals surface area contributed by atoms with Gasteiger partial charge < -0.3 is 14.8 Å². The quantitative estimate of drug-likeness (QED) is 0.686. The molecule has 0 saturated carbocycles. The van der Waals surface area contributed by atoms with E-state index in [-0.39, 0.29) is 11.9 Å². The highest BCUT2D eigenvalue weighted by molar-refractivity contribution is 5.89. The molecule has 7 heteroatoms. The van der Waals surface area contributed by atoms with Crippen molar-refractivity contribution in [1.82, 2.24) is 15.3 Å². The molecule has 1 amide bonds. The summed E-state index contributed by atoms with van der Waals surface area (Å²) in [6.07, 6.45) is 0.358. The average molecular weight is 254 g/mol. The molecule has 1 aromatic rings. The van der Waals surface area contributed by atoms with E-state index < -0.39 is 0 Å². The zero-order chi connectivity index (χ0) is 13.4. The summed E-state index contributed by atoms with van der Waals surface area (Å²) >= 11 is 0. The lowest BCUT2D eigenvalue weighted by atomic mass is 10.4. The number of amides is 1. The molecular weight excluding hydrogens is 236 g/mol. The molecule has 7 nitrogen and oxygen atoms in total. The molecule has 1 rings (SSSR count). The molecule has 0 bridgehead atoms. The number of carbonyl (C=O) groups excluding carboxylic acids is 1. The van der Waals surface area contributed by atoms with Gasteiger partial charge in [-0.05, 0) is 6.54 Å². The third-order valence-electron chi connectivity index (χ3n) is 2.13. The minimum Gasteiger partial charge on any atom is -0.481 e. The molecular formula is C11H18N4O3. The van der Waals surface area contributed by atoms with Crippen molar-refractivity contribution in [2.24, 2.45) is 0 Å². The maximum Gasteiger partial charge on any atom is 0.236 e. The molecule has 2 N–H and O–H groups in total. The molecule has 0 radical (unpaired) electrons. The summed E-state index contributed by atoms with van der Waals surface area (Å²) in [6.45, 7) is 3.42. The van der Waals surface area contributed by atoms with Crippen LogP contribution in [0.15, 0.2) is 6.07 Å². The molecule has 0 saturated heterocycles. The van der Waals surface area contributed by atoms with Crippen molar-refractivity contribution in [3.8, 4) is 11.8 Å². The van der Waals surface area contributed by atoms with Crippen LogP contribution in [0, 0.1) is 0 Å². The number of hydrogen-bond acceptors (Lipinski definition) is 6. The van der Waals surface area contributed by atoms with E-state index in [1.165, 1.54) is 20.3 Å². The summed E-state index contributed by atoms with van der Waals surface area (Å²) in [4.78, 5) is 19.6. The summed E-state index contributed by atoms with van der Waals surface area (Å²) in [5, 5.41) is 5.65. The maximum atomic E-state index is 11.6. The van der Waals surface area contributed by atoms with Gasteiger partial charge in [0, 0.05) is 13.0 Å². The third-order valence-corrected chi connectivity index (χ3v) is 2.13. The zero-order valence-corrected chi connectivity index (χ0v) is 10.8. The van der Waals surface area contributed by atoms with Crippen LogP contribution in [0.2, 0.25) is 0 Å². The fourth-order valence-corrected chi connectivity index (χ4v) is 1.23. The number of aromatic nitrogens is 2. The lowest BCUT2D eigenvalue weighted by Crippen LogP contribution is -2.22. The molecule has 0 aliphatic carbocycles. The van der Waals surface area contributed by atoms with Gasteiger partial charge in [-0.15, -0.1) is 0 Å². The smallest absolute Gasteiger partial charge is 0.236 e. The first-order chi connectivity index (χ1) is 8.69. The number of anilines is 1. The lowest BCUT2D eigenvalue weighted by molar-refractivity contribution is -0.116. The van der Waals surface area contributed by atoms with E-state index in [0.717, 1.165) is 6.54 Å². The molecule has 18 heavy (non-hydrogen) atoms. The van der Waals surface area contributed by atoms with Crippen molar-refractivity contribution >= 4 is 11.9 Å². The summed E-state index contributed by atoms with van der Waals surface area (Å²) in [5.41, 5.74) is 0. The highest BCUT2D eigenvalue weighted by Gasteiger charge is 2.08. The number of hydrogen-bond donors (Lipinski definition) is 2. The van der Waals surface area contributed by atoms with Crippen LogP contribution in [0.5, 0.6) is 11.8 Å². The Hall–Kier alpha value is -1.89. The summed E-state index contributed by atoms with van der Waals surface area (Å²) in [6, 6.07) is 1.54. The Balaban J connectivity index is 2.62. The van der Waals surface area contributed by atoms with E-state index >= 15 is 0 Å². The second-order valence-electron chi connectivity index (χ2n) is 3.43. The topological polar surface area (TPSA) is 85.4 Å². The van der Waals surface area contributed by atoms with Gasteiger partial charge >= 0.3 is 0 Å². The van der Waals surface area contributed by atoms with Crippen LogP contribution in [0.1, 0.15) is 13.3 Å². The third kappa shape index (κ3) is 4.54. The van der Waals surface area contributed by atoms with Crippen molar-refractivity contribution in [3.63, 3.8) is 0 Å². The van der Waals surface area contributed by atoms with Crippen molar-refractivity contribution in [2.45, 2.75) is 13.3 Å². The number of nitrogens with one attached hydrogen (secondary N) is 2. The molecule has 0 fully saturated rings. The molecule has 1 heterocycles. The average Bonchev–Trinajstić information content (AvgIpc) is 2.38. The fraction of sp³-hybridized carbons (Fsp3) is 0.545. The Morgan fingerprint density at radius 3 is 2.39 bits per heavy atom. The van der Waals surface area contributed by atoms with Crippen molar-refractivity contribution in [1.29, 1.82) is 0 Å². The van der Waals surface area contributed by atoms with Crippen LogP contribution in [0.4, 0.5) is 5.95 Å². The Morgan fingerprint density at radius 2 is 1.89 bits per heavy atom. The van der Waals surface area contributed by atoms with E-state index in [9.17, 15) is 4.79 Å². The molecule has 1 aromatic heterocycles. The molecule has 100 valence electrons. The van der Waals surface area contributed by atoms with Crippen molar-refractivity contribution < 1.29 is 14.3 Å². The molecule has 0 spiro atoms. The van der Waals surface area contributed by atoms with E-state index in [1.54, 1.807) is 0 Å². The van der Waals surface area contributed by atoms with Crippen LogP contribution in [0.25, 0.3) is 0 Å². The molecule has 0 atom stereocenters. The van der Waals surface area contributed by atoms with E-state index in [0.29, 0.717) is 24.7 Å². The highest BCUT2D eigenvalue weighted by Crippen LogP contribution is 2.17. The second-order valence-corrected chi connectivity index (χ2v) is 3.43. The molecule has 0 aromatic carbocycles. The number of nitrogens with zero attached hydrogens (tertiary/aromatic N) is 2. The Bertz CT molecular complexity index is 376. The number of methoxy groups -OCH3 is 2. The summed E-state index contributed by atoms with van der Waals surface area (Å²) in [5.74, 6) is 0.687. The predicted octanol–water partition coefficient (Wildman–Crippen LogP) is 0.432. The molecule has 0 aliphatic heterocycles.